The zero-order valence-electron chi connectivity index (χ0n) is 13.1. The summed E-state index contributed by atoms with van der Waals surface area (Å²) in [5, 5.41) is 5.15. The molecule has 8 nitrogen and oxygen atoms in total. The average Bonchev–Trinajstić information content (AvgIpc) is 2.49. The van der Waals surface area contributed by atoms with Crippen molar-refractivity contribution in [2.75, 3.05) is 33.6 Å². The van der Waals surface area contributed by atoms with Gasteiger partial charge in [0, 0.05) is 12.5 Å². The Balaban J connectivity index is 2.41. The molecule has 0 aromatic carbocycles. The second kappa shape index (κ2) is 8.18. The first-order valence-corrected chi connectivity index (χ1v) is 10.1. The third kappa shape index (κ3) is 6.08. The van der Waals surface area contributed by atoms with Crippen LogP contribution in [-0.2, 0) is 27.2 Å². The second-order valence-electron chi connectivity index (χ2n) is 5.21. The van der Waals surface area contributed by atoms with Gasteiger partial charge in [-0.3, -0.25) is 13.6 Å². The first-order chi connectivity index (χ1) is 9.80. The van der Waals surface area contributed by atoms with E-state index in [1.54, 1.807) is 0 Å². The van der Waals surface area contributed by atoms with E-state index in [-0.39, 0.29) is 12.1 Å². The van der Waals surface area contributed by atoms with Gasteiger partial charge in [-0.15, -0.1) is 0 Å². The molecule has 1 saturated heterocycles. The second-order valence-corrected chi connectivity index (χ2v) is 8.98. The number of hydrogen-bond acceptors (Lipinski definition) is 6. The third-order valence-corrected chi connectivity index (χ3v) is 6.30. The van der Waals surface area contributed by atoms with Crippen molar-refractivity contribution < 1.29 is 27.2 Å². The molecule has 10 heteroatoms. The Morgan fingerprint density at radius 3 is 2.43 bits per heavy atom. The molecule has 1 heterocycles. The van der Waals surface area contributed by atoms with Gasteiger partial charge in [0.05, 0.1) is 26.5 Å². The van der Waals surface area contributed by atoms with Crippen LogP contribution >= 0.6 is 15.5 Å². The van der Waals surface area contributed by atoms with Crippen LogP contribution in [0.15, 0.2) is 0 Å². The maximum Gasteiger partial charge on any atom is 0.406 e. The lowest BCUT2D eigenvalue weighted by Gasteiger charge is -2.36. The van der Waals surface area contributed by atoms with Crippen molar-refractivity contribution in [2.45, 2.75) is 33.6 Å². The van der Waals surface area contributed by atoms with E-state index in [0.717, 1.165) is 6.42 Å². The van der Waals surface area contributed by atoms with E-state index in [9.17, 15) is 9.13 Å². The van der Waals surface area contributed by atoms with Gasteiger partial charge in [-0.2, -0.15) is 0 Å². The Hall–Kier alpha value is 0.220. The van der Waals surface area contributed by atoms with E-state index in [1.807, 2.05) is 20.8 Å². The molecule has 0 aromatic heterocycles. The summed E-state index contributed by atoms with van der Waals surface area (Å²) >= 11 is 0. The van der Waals surface area contributed by atoms with Crippen LogP contribution in [0.5, 0.6) is 0 Å². The highest BCUT2D eigenvalue weighted by Crippen LogP contribution is 2.51. The van der Waals surface area contributed by atoms with Crippen LogP contribution in [-0.4, -0.2) is 33.6 Å². The van der Waals surface area contributed by atoms with Gasteiger partial charge < -0.3 is 4.52 Å². The minimum Gasteiger partial charge on any atom is -0.300 e. The van der Waals surface area contributed by atoms with Gasteiger partial charge in [0.2, 0.25) is 0 Å². The van der Waals surface area contributed by atoms with Crippen molar-refractivity contribution in [2.24, 2.45) is 5.41 Å². The fraction of sp³-hybridized carbons (Fsp3) is 1.00. The monoisotopic (exact) mass is 344 g/mol. The molecule has 1 fully saturated rings. The van der Waals surface area contributed by atoms with Crippen molar-refractivity contribution in [1.82, 2.24) is 10.2 Å². The Morgan fingerprint density at radius 2 is 1.95 bits per heavy atom. The molecule has 1 aliphatic heterocycles. The average molecular weight is 344 g/mol. The van der Waals surface area contributed by atoms with Gasteiger partial charge in [-0.25, -0.2) is 19.3 Å². The van der Waals surface area contributed by atoms with Crippen LogP contribution in [0.4, 0.5) is 0 Å². The van der Waals surface area contributed by atoms with E-state index in [4.69, 9.17) is 18.1 Å². The molecule has 0 aliphatic carbocycles. The summed E-state index contributed by atoms with van der Waals surface area (Å²) in [6.07, 6.45) is 1.58. The van der Waals surface area contributed by atoms with Crippen molar-refractivity contribution in [3.8, 4) is 0 Å². The van der Waals surface area contributed by atoms with E-state index >= 15 is 0 Å². The fourth-order valence-corrected chi connectivity index (χ4v) is 4.10. The molecule has 1 unspecified atom stereocenters. The Labute approximate surface area is 126 Å². The van der Waals surface area contributed by atoms with E-state index in [0.29, 0.717) is 26.2 Å². The van der Waals surface area contributed by atoms with E-state index < -0.39 is 15.5 Å². The highest BCUT2D eigenvalue weighted by molar-refractivity contribution is 7.52. The molecule has 0 aromatic rings. The first-order valence-electron chi connectivity index (χ1n) is 7.00. The summed E-state index contributed by atoms with van der Waals surface area (Å²) in [6.45, 7) is 6.85. The third-order valence-electron chi connectivity index (χ3n) is 3.27. The zero-order valence-corrected chi connectivity index (χ0v) is 14.9. The SMILES string of the molecule is CCCOP(=O)(NCNP1(=O)OCC(C)(CC)CO1)OC. The summed E-state index contributed by atoms with van der Waals surface area (Å²) in [5.41, 5.74) is -0.130. The van der Waals surface area contributed by atoms with Crippen LogP contribution in [0.1, 0.15) is 33.6 Å². The van der Waals surface area contributed by atoms with E-state index in [2.05, 4.69) is 10.2 Å². The minimum absolute atomic E-state index is 0.0745. The topological polar surface area (TPSA) is 95.1 Å². The molecule has 0 saturated carbocycles. The Morgan fingerprint density at radius 1 is 1.33 bits per heavy atom. The minimum atomic E-state index is -3.39. The summed E-state index contributed by atoms with van der Waals surface area (Å²) in [4.78, 5) is 0. The molecular formula is C11H26N2O6P2. The number of rotatable bonds is 9. The van der Waals surface area contributed by atoms with Gasteiger partial charge in [-0.1, -0.05) is 20.8 Å². The van der Waals surface area contributed by atoms with Gasteiger partial charge in [-0.05, 0) is 12.8 Å². The lowest BCUT2D eigenvalue weighted by Crippen LogP contribution is -2.36. The van der Waals surface area contributed by atoms with Crippen LogP contribution in [0.3, 0.4) is 0 Å². The quantitative estimate of drug-likeness (QED) is 0.487. The molecule has 2 N–H and O–H groups in total. The van der Waals surface area contributed by atoms with Crippen molar-refractivity contribution in [1.29, 1.82) is 0 Å². The smallest absolute Gasteiger partial charge is 0.300 e. The maximum absolute atomic E-state index is 12.3. The standard InChI is InChI=1S/C11H26N2O6P2/c1-5-7-17-20(14,16-4)12-10-13-21(15)18-8-11(3,6-2)9-19-21/h5-10H2,1-4H3,(H,12,14)(H,13,15). The van der Waals surface area contributed by atoms with Crippen LogP contribution in [0, 0.1) is 5.41 Å². The highest BCUT2D eigenvalue weighted by Gasteiger charge is 2.38. The predicted octanol–water partition coefficient (Wildman–Crippen LogP) is 2.88. The Bertz CT molecular complexity index is 408. The van der Waals surface area contributed by atoms with Gasteiger partial charge in [0.25, 0.3) is 0 Å². The molecule has 126 valence electrons. The molecule has 1 atom stereocenters. The fourth-order valence-electron chi connectivity index (χ4n) is 1.46. The Kier molecular flexibility index (Phi) is 7.50. The lowest BCUT2D eigenvalue weighted by molar-refractivity contribution is 0.0229. The van der Waals surface area contributed by atoms with Crippen LogP contribution in [0.25, 0.3) is 0 Å². The molecule has 1 rings (SSSR count). The summed E-state index contributed by atoms with van der Waals surface area (Å²) in [7, 11) is -5.48. The predicted molar refractivity (Wildman–Crippen MR) is 79.9 cm³/mol. The van der Waals surface area contributed by atoms with E-state index in [1.165, 1.54) is 7.11 Å². The van der Waals surface area contributed by atoms with Gasteiger partial charge in [0.15, 0.2) is 0 Å². The number of hydrogen-bond donors (Lipinski definition) is 2. The molecule has 0 amide bonds. The van der Waals surface area contributed by atoms with Gasteiger partial charge in [0.1, 0.15) is 0 Å². The summed E-state index contributed by atoms with van der Waals surface area (Å²) in [5.74, 6) is 0. The van der Waals surface area contributed by atoms with Gasteiger partial charge >= 0.3 is 15.5 Å². The molecule has 0 bridgehead atoms. The van der Waals surface area contributed by atoms with Crippen molar-refractivity contribution >= 4 is 15.5 Å². The summed E-state index contributed by atoms with van der Waals surface area (Å²) < 4.78 is 44.9. The van der Waals surface area contributed by atoms with Crippen LogP contribution in [0.2, 0.25) is 0 Å². The molecule has 1 aliphatic rings. The van der Waals surface area contributed by atoms with Crippen molar-refractivity contribution in [3.63, 3.8) is 0 Å². The lowest BCUT2D eigenvalue weighted by atomic mass is 9.90. The van der Waals surface area contributed by atoms with Crippen molar-refractivity contribution in [3.05, 3.63) is 0 Å². The molecule has 0 spiro atoms. The molecule has 21 heavy (non-hydrogen) atoms. The number of nitrogens with one attached hydrogen (secondary N) is 2. The highest BCUT2D eigenvalue weighted by atomic mass is 31.2. The normalized spacial score (nSPS) is 32.8. The summed E-state index contributed by atoms with van der Waals surface area (Å²) in [6, 6.07) is 0. The molecular weight excluding hydrogens is 318 g/mol. The maximum atomic E-state index is 12.3. The zero-order chi connectivity index (χ0) is 16.0. The largest absolute Gasteiger partial charge is 0.406 e. The van der Waals surface area contributed by atoms with Crippen LogP contribution < -0.4 is 10.2 Å². The molecule has 0 radical (unpaired) electrons. The first kappa shape index (κ1) is 19.3.